The molecule has 0 bridgehead atoms. The second-order valence-corrected chi connectivity index (χ2v) is 8.25. The highest BCUT2D eigenvalue weighted by molar-refractivity contribution is 6.07. The lowest BCUT2D eigenvalue weighted by atomic mass is 10.1. The fourth-order valence-electron chi connectivity index (χ4n) is 3.36. The van der Waals surface area contributed by atoms with Crippen molar-refractivity contribution in [2.45, 2.75) is 13.8 Å². The number of carbonyl (C=O) groups excluding carboxylic acids is 3. The first-order valence-electron chi connectivity index (χ1n) is 11.1. The van der Waals surface area contributed by atoms with E-state index in [0.717, 1.165) is 11.1 Å². The first kappa shape index (κ1) is 23.4. The van der Waals surface area contributed by atoms with Gasteiger partial charge in [-0.25, -0.2) is 0 Å². The zero-order chi connectivity index (χ0) is 24.8. The van der Waals surface area contributed by atoms with Crippen LogP contribution in [0.15, 0.2) is 97.1 Å². The minimum absolute atomic E-state index is 0.201. The standard InChI is InChI=1S/C29H25N3O3/c1-19-3-7-21(8-4-19)27(33)31-25-15-17-26(18-16-25)32-29(35)23-11-9-22(10-12-23)28(34)30-24-13-5-20(2)6-14-24/h3-18H,1-2H3,(H,30,34)(H,31,33)(H,32,35). The van der Waals surface area contributed by atoms with Crippen molar-refractivity contribution in [2.24, 2.45) is 0 Å². The van der Waals surface area contributed by atoms with E-state index in [1.54, 1.807) is 60.7 Å². The Morgan fingerprint density at radius 2 is 0.629 bits per heavy atom. The lowest BCUT2D eigenvalue weighted by Gasteiger charge is -2.09. The maximum absolute atomic E-state index is 12.6. The molecule has 0 radical (unpaired) electrons. The molecule has 3 N–H and O–H groups in total. The molecule has 3 amide bonds. The summed E-state index contributed by atoms with van der Waals surface area (Å²) >= 11 is 0. The van der Waals surface area contributed by atoms with Crippen LogP contribution in [-0.2, 0) is 0 Å². The Labute approximate surface area is 204 Å². The third kappa shape index (κ3) is 6.21. The zero-order valence-corrected chi connectivity index (χ0v) is 19.5. The van der Waals surface area contributed by atoms with Crippen molar-refractivity contribution in [2.75, 3.05) is 16.0 Å². The summed E-state index contributed by atoms with van der Waals surface area (Å²) in [4.78, 5) is 37.4. The van der Waals surface area contributed by atoms with Crippen LogP contribution >= 0.6 is 0 Å². The molecule has 0 fully saturated rings. The van der Waals surface area contributed by atoms with E-state index >= 15 is 0 Å². The summed E-state index contributed by atoms with van der Waals surface area (Å²) in [7, 11) is 0. The zero-order valence-electron chi connectivity index (χ0n) is 19.5. The molecule has 0 aliphatic rings. The highest BCUT2D eigenvalue weighted by Gasteiger charge is 2.11. The van der Waals surface area contributed by atoms with Crippen LogP contribution in [0.25, 0.3) is 0 Å². The molecule has 174 valence electrons. The summed E-state index contributed by atoms with van der Waals surface area (Å²) < 4.78 is 0. The number of hydrogen-bond donors (Lipinski definition) is 3. The molecule has 0 aliphatic heterocycles. The molecule has 6 nitrogen and oxygen atoms in total. The molecule has 0 saturated heterocycles. The van der Waals surface area contributed by atoms with E-state index in [4.69, 9.17) is 0 Å². The first-order chi connectivity index (χ1) is 16.9. The predicted octanol–water partition coefficient (Wildman–Crippen LogP) is 6.06. The number of aryl methyl sites for hydroxylation is 2. The second kappa shape index (κ2) is 10.5. The van der Waals surface area contributed by atoms with Gasteiger partial charge in [-0.3, -0.25) is 14.4 Å². The first-order valence-corrected chi connectivity index (χ1v) is 11.1. The quantitative estimate of drug-likeness (QED) is 0.325. The molecule has 4 aromatic carbocycles. The van der Waals surface area contributed by atoms with Gasteiger partial charge in [0.1, 0.15) is 0 Å². The maximum Gasteiger partial charge on any atom is 0.255 e. The van der Waals surface area contributed by atoms with Gasteiger partial charge in [-0.05, 0) is 86.6 Å². The topological polar surface area (TPSA) is 87.3 Å². The molecule has 0 heterocycles. The number of carbonyl (C=O) groups is 3. The van der Waals surface area contributed by atoms with E-state index in [0.29, 0.717) is 33.8 Å². The molecule has 0 saturated carbocycles. The average Bonchev–Trinajstić information content (AvgIpc) is 2.87. The summed E-state index contributed by atoms with van der Waals surface area (Å²) in [6.45, 7) is 3.95. The Kier molecular flexibility index (Phi) is 7.02. The SMILES string of the molecule is Cc1ccc(NC(=O)c2ccc(C(=O)Nc3ccc(NC(=O)c4ccc(C)cc4)cc3)cc2)cc1. The van der Waals surface area contributed by atoms with Crippen molar-refractivity contribution in [3.05, 3.63) is 125 Å². The van der Waals surface area contributed by atoms with Crippen LogP contribution in [0.2, 0.25) is 0 Å². The largest absolute Gasteiger partial charge is 0.322 e. The Hall–Kier alpha value is -4.71. The van der Waals surface area contributed by atoms with Crippen LogP contribution in [-0.4, -0.2) is 17.7 Å². The van der Waals surface area contributed by atoms with Gasteiger partial charge in [0, 0.05) is 33.8 Å². The molecule has 4 rings (SSSR count). The fraction of sp³-hybridized carbons (Fsp3) is 0.0690. The highest BCUT2D eigenvalue weighted by Crippen LogP contribution is 2.17. The third-order valence-electron chi connectivity index (χ3n) is 5.43. The highest BCUT2D eigenvalue weighted by atomic mass is 16.2. The predicted molar refractivity (Wildman–Crippen MR) is 139 cm³/mol. The van der Waals surface area contributed by atoms with E-state index in [1.165, 1.54) is 0 Å². The molecule has 4 aromatic rings. The van der Waals surface area contributed by atoms with Crippen molar-refractivity contribution in [1.29, 1.82) is 0 Å². The number of rotatable bonds is 6. The van der Waals surface area contributed by atoms with Gasteiger partial charge < -0.3 is 16.0 Å². The number of hydrogen-bond acceptors (Lipinski definition) is 3. The minimum Gasteiger partial charge on any atom is -0.322 e. The van der Waals surface area contributed by atoms with Gasteiger partial charge in [0.15, 0.2) is 0 Å². The van der Waals surface area contributed by atoms with Gasteiger partial charge >= 0.3 is 0 Å². The molecular formula is C29H25N3O3. The van der Waals surface area contributed by atoms with Crippen LogP contribution in [0.5, 0.6) is 0 Å². The summed E-state index contributed by atoms with van der Waals surface area (Å²) in [5.41, 5.74) is 5.57. The van der Waals surface area contributed by atoms with Gasteiger partial charge in [0.2, 0.25) is 0 Å². The molecular weight excluding hydrogens is 438 g/mol. The van der Waals surface area contributed by atoms with Crippen LogP contribution < -0.4 is 16.0 Å². The maximum atomic E-state index is 12.6. The van der Waals surface area contributed by atoms with Crippen molar-refractivity contribution < 1.29 is 14.4 Å². The summed E-state index contributed by atoms with van der Waals surface area (Å²) in [6, 6.07) is 28.2. The Morgan fingerprint density at radius 1 is 0.400 bits per heavy atom. The lowest BCUT2D eigenvalue weighted by Crippen LogP contribution is -2.14. The average molecular weight is 464 g/mol. The molecule has 35 heavy (non-hydrogen) atoms. The summed E-state index contributed by atoms with van der Waals surface area (Å²) in [5, 5.41) is 8.49. The van der Waals surface area contributed by atoms with Crippen LogP contribution in [0.1, 0.15) is 42.2 Å². The molecule has 0 aromatic heterocycles. The molecule has 0 atom stereocenters. The van der Waals surface area contributed by atoms with Gasteiger partial charge in [-0.1, -0.05) is 35.4 Å². The molecule has 0 spiro atoms. The van der Waals surface area contributed by atoms with E-state index in [-0.39, 0.29) is 17.7 Å². The Morgan fingerprint density at radius 3 is 0.943 bits per heavy atom. The summed E-state index contributed by atoms with van der Waals surface area (Å²) in [6.07, 6.45) is 0. The van der Waals surface area contributed by atoms with E-state index < -0.39 is 0 Å². The summed E-state index contributed by atoms with van der Waals surface area (Å²) in [5.74, 6) is -0.746. The molecule has 0 aliphatic carbocycles. The monoisotopic (exact) mass is 463 g/mol. The van der Waals surface area contributed by atoms with Gasteiger partial charge in [0.25, 0.3) is 17.7 Å². The van der Waals surface area contributed by atoms with Crippen LogP contribution in [0.3, 0.4) is 0 Å². The number of benzene rings is 4. The van der Waals surface area contributed by atoms with Gasteiger partial charge in [-0.15, -0.1) is 0 Å². The van der Waals surface area contributed by atoms with Crippen molar-refractivity contribution in [1.82, 2.24) is 0 Å². The van der Waals surface area contributed by atoms with Crippen molar-refractivity contribution >= 4 is 34.8 Å². The minimum atomic E-state index is -0.299. The third-order valence-corrected chi connectivity index (χ3v) is 5.43. The van der Waals surface area contributed by atoms with E-state index in [9.17, 15) is 14.4 Å². The molecule has 0 unspecified atom stereocenters. The van der Waals surface area contributed by atoms with Crippen LogP contribution in [0, 0.1) is 13.8 Å². The van der Waals surface area contributed by atoms with Crippen LogP contribution in [0.4, 0.5) is 17.1 Å². The van der Waals surface area contributed by atoms with Crippen molar-refractivity contribution in [3.8, 4) is 0 Å². The molecule has 6 heteroatoms. The van der Waals surface area contributed by atoms with Gasteiger partial charge in [-0.2, -0.15) is 0 Å². The Bertz CT molecular complexity index is 1340. The number of nitrogens with one attached hydrogen (secondary N) is 3. The lowest BCUT2D eigenvalue weighted by molar-refractivity contribution is 0.101. The smallest absolute Gasteiger partial charge is 0.255 e. The van der Waals surface area contributed by atoms with Crippen molar-refractivity contribution in [3.63, 3.8) is 0 Å². The Balaban J connectivity index is 1.33. The number of anilines is 3. The van der Waals surface area contributed by atoms with Gasteiger partial charge in [0.05, 0.1) is 0 Å². The van der Waals surface area contributed by atoms with E-state index in [1.807, 2.05) is 50.2 Å². The second-order valence-electron chi connectivity index (χ2n) is 8.25. The van der Waals surface area contributed by atoms with E-state index in [2.05, 4.69) is 16.0 Å². The fourth-order valence-corrected chi connectivity index (χ4v) is 3.36. The normalized spacial score (nSPS) is 10.3. The number of amides is 3.